The third-order valence-electron chi connectivity index (χ3n) is 6.80. The second kappa shape index (κ2) is 11.8. The number of hydrazone groups is 1. The van der Waals surface area contributed by atoms with E-state index in [-0.39, 0.29) is 5.92 Å². The Morgan fingerprint density at radius 2 is 1.21 bits per heavy atom. The molecule has 4 rings (SSSR count). The minimum atomic E-state index is 0.240. The maximum absolute atomic E-state index is 7.54. The molecule has 7 N–H and O–H groups in total. The first-order chi connectivity index (χ1) is 15.9. The number of amidine groups is 2. The topological polar surface area (TPSA) is 121 Å². The molecule has 0 aliphatic carbocycles. The molecule has 2 aliphatic rings. The molecule has 178 valence electrons. The zero-order chi connectivity index (χ0) is 23.8. The van der Waals surface area contributed by atoms with Crippen LogP contribution in [0.3, 0.4) is 0 Å². The quantitative estimate of drug-likeness (QED) is 0.234. The van der Waals surface area contributed by atoms with Gasteiger partial charge in [-0.05, 0) is 23.0 Å². The van der Waals surface area contributed by atoms with Crippen LogP contribution in [0.25, 0.3) is 0 Å². The first-order valence-corrected chi connectivity index (χ1v) is 11.8. The summed E-state index contributed by atoms with van der Waals surface area (Å²) in [7, 11) is 0. The number of nitrogens with one attached hydrogen (secondary N) is 1. The zero-order valence-electron chi connectivity index (χ0n) is 19.9. The first kappa shape index (κ1) is 24.7. The average Bonchev–Trinajstić information content (AvgIpc) is 3.36. The molecule has 2 heterocycles. The maximum atomic E-state index is 7.54. The van der Waals surface area contributed by atoms with Gasteiger partial charge in [0.15, 0.2) is 0 Å². The minimum absolute atomic E-state index is 0.240. The van der Waals surface area contributed by atoms with Crippen LogP contribution in [0.4, 0.5) is 0 Å². The summed E-state index contributed by atoms with van der Waals surface area (Å²) < 4.78 is 0. The van der Waals surface area contributed by atoms with Crippen LogP contribution in [-0.2, 0) is 13.1 Å². The molecule has 2 saturated heterocycles. The van der Waals surface area contributed by atoms with Crippen LogP contribution in [0.1, 0.15) is 25.0 Å². The van der Waals surface area contributed by atoms with Crippen molar-refractivity contribution in [1.82, 2.24) is 9.80 Å². The molecule has 0 amide bonds. The van der Waals surface area contributed by atoms with Crippen LogP contribution >= 0.6 is 0 Å². The Morgan fingerprint density at radius 1 is 0.788 bits per heavy atom. The van der Waals surface area contributed by atoms with Gasteiger partial charge in [-0.2, -0.15) is 5.10 Å². The maximum Gasteiger partial charge on any atom is 0.124 e. The summed E-state index contributed by atoms with van der Waals surface area (Å²) in [5.41, 5.74) is 14.1. The fourth-order valence-electron chi connectivity index (χ4n) is 4.96. The van der Waals surface area contributed by atoms with Crippen molar-refractivity contribution in [1.29, 1.82) is 5.41 Å². The number of nitrogens with zero attached hydrogens (tertiary/aromatic N) is 3. The van der Waals surface area contributed by atoms with E-state index in [1.165, 1.54) is 11.1 Å². The Morgan fingerprint density at radius 3 is 1.61 bits per heavy atom. The minimum Gasteiger partial charge on any atom is -0.387 e. The summed E-state index contributed by atoms with van der Waals surface area (Å²) in [6.07, 6.45) is 0. The van der Waals surface area contributed by atoms with Crippen LogP contribution in [0.5, 0.6) is 0 Å². The van der Waals surface area contributed by atoms with E-state index < -0.39 is 0 Å². The van der Waals surface area contributed by atoms with E-state index in [4.69, 9.17) is 22.7 Å². The van der Waals surface area contributed by atoms with Crippen LogP contribution in [0.2, 0.25) is 0 Å². The highest BCUT2D eigenvalue weighted by Crippen LogP contribution is 2.25. The second-order valence-electron chi connectivity index (χ2n) is 9.54. The summed E-state index contributed by atoms with van der Waals surface area (Å²) in [6.45, 7) is 10.3. The number of hydrogen-bond acceptors (Lipinski definition) is 5. The number of hydrogen-bond donors (Lipinski definition) is 4. The van der Waals surface area contributed by atoms with Crippen molar-refractivity contribution in [3.05, 3.63) is 71.8 Å². The lowest BCUT2D eigenvalue weighted by atomic mass is 9.97. The molecular weight excluding hydrogens is 410 g/mol. The molecular formula is C26H39N7. The van der Waals surface area contributed by atoms with Crippen molar-refractivity contribution in [3.8, 4) is 0 Å². The highest BCUT2D eigenvalue weighted by Gasteiger charge is 2.32. The van der Waals surface area contributed by atoms with Gasteiger partial charge in [0, 0.05) is 51.1 Å². The summed E-state index contributed by atoms with van der Waals surface area (Å²) in [4.78, 5) is 4.79. The summed E-state index contributed by atoms with van der Waals surface area (Å²) >= 11 is 0. The Kier molecular flexibility index (Phi) is 8.86. The van der Waals surface area contributed by atoms with Crippen LogP contribution in [0, 0.1) is 29.1 Å². The Bertz CT molecular complexity index is 899. The van der Waals surface area contributed by atoms with Gasteiger partial charge >= 0.3 is 0 Å². The van der Waals surface area contributed by atoms with Gasteiger partial charge in [-0.3, -0.25) is 15.2 Å². The Balaban J connectivity index is 0.000000186. The van der Waals surface area contributed by atoms with Crippen LogP contribution < -0.4 is 17.3 Å². The van der Waals surface area contributed by atoms with Crippen LogP contribution in [0.15, 0.2) is 65.8 Å². The molecule has 2 aliphatic heterocycles. The van der Waals surface area contributed by atoms with E-state index in [2.05, 4.69) is 77.3 Å². The Hall–Kier alpha value is -2.90. The fourth-order valence-corrected chi connectivity index (χ4v) is 4.96. The molecule has 2 aromatic rings. The van der Waals surface area contributed by atoms with Gasteiger partial charge in [-0.15, -0.1) is 0 Å². The van der Waals surface area contributed by atoms with E-state index in [0.717, 1.165) is 39.3 Å². The largest absolute Gasteiger partial charge is 0.387 e. The molecule has 0 radical (unpaired) electrons. The van der Waals surface area contributed by atoms with Gasteiger partial charge in [0.25, 0.3) is 0 Å². The lowest BCUT2D eigenvalue weighted by Crippen LogP contribution is -2.30. The van der Waals surface area contributed by atoms with Crippen molar-refractivity contribution in [2.45, 2.75) is 26.9 Å². The lowest BCUT2D eigenvalue weighted by Gasteiger charge is -2.15. The SMILES string of the molecule is C[C@@H]1CN(Cc2ccccc2)CC1C(=N)N.C[C@@H]1CN(Cc2ccccc2)C[C@H]1C(N)=NN. The fraction of sp³-hybridized carbons (Fsp3) is 0.462. The molecule has 7 nitrogen and oxygen atoms in total. The van der Waals surface area contributed by atoms with E-state index in [1.807, 2.05) is 12.1 Å². The van der Waals surface area contributed by atoms with E-state index in [0.29, 0.717) is 29.4 Å². The molecule has 0 bridgehead atoms. The molecule has 0 saturated carbocycles. The monoisotopic (exact) mass is 449 g/mol. The predicted octanol–water partition coefficient (Wildman–Crippen LogP) is 2.68. The first-order valence-electron chi connectivity index (χ1n) is 11.8. The third kappa shape index (κ3) is 7.04. The zero-order valence-corrected chi connectivity index (χ0v) is 19.9. The van der Waals surface area contributed by atoms with Crippen molar-refractivity contribution in [2.75, 3.05) is 26.2 Å². The summed E-state index contributed by atoms with van der Waals surface area (Å²) in [5, 5.41) is 11.2. The predicted molar refractivity (Wildman–Crippen MR) is 136 cm³/mol. The molecule has 0 spiro atoms. The second-order valence-corrected chi connectivity index (χ2v) is 9.54. The highest BCUT2D eigenvalue weighted by atomic mass is 15.2. The lowest BCUT2D eigenvalue weighted by molar-refractivity contribution is 0.318. The Labute approximate surface area is 198 Å². The highest BCUT2D eigenvalue weighted by molar-refractivity contribution is 5.83. The standard InChI is InChI=1S/C13H20N4.C13H19N3/c1-10-7-17(9-12(10)13(14)16-15)8-11-5-3-2-4-6-11;1-10-7-16(9-12(10)13(14)15)8-11-5-3-2-4-6-11/h2-6,10,12H,7-9,15H2,1H3,(H2,14,16);2-6,10,12H,7-9H2,1H3,(H3,14,15)/t10-,12-;10-,12?/m11/s1. The van der Waals surface area contributed by atoms with E-state index in [9.17, 15) is 0 Å². The molecule has 4 atom stereocenters. The summed E-state index contributed by atoms with van der Waals surface area (Å²) in [5.74, 6) is 7.72. The van der Waals surface area contributed by atoms with Crippen molar-refractivity contribution in [2.24, 2.45) is 46.1 Å². The van der Waals surface area contributed by atoms with Crippen molar-refractivity contribution >= 4 is 11.7 Å². The average molecular weight is 450 g/mol. The summed E-state index contributed by atoms with van der Waals surface area (Å²) in [6, 6.07) is 20.9. The molecule has 1 unspecified atom stereocenters. The molecule has 2 aromatic carbocycles. The molecule has 7 heteroatoms. The van der Waals surface area contributed by atoms with Gasteiger partial charge in [0.2, 0.25) is 0 Å². The van der Waals surface area contributed by atoms with Gasteiger partial charge in [0.05, 0.1) is 5.84 Å². The molecule has 2 fully saturated rings. The molecule has 33 heavy (non-hydrogen) atoms. The van der Waals surface area contributed by atoms with Crippen molar-refractivity contribution < 1.29 is 0 Å². The van der Waals surface area contributed by atoms with Crippen LogP contribution in [-0.4, -0.2) is 47.7 Å². The van der Waals surface area contributed by atoms with Gasteiger partial charge in [-0.1, -0.05) is 74.5 Å². The van der Waals surface area contributed by atoms with Gasteiger partial charge < -0.3 is 17.3 Å². The number of likely N-dealkylation sites (tertiary alicyclic amines) is 2. The normalized spacial score (nSPS) is 26.1. The van der Waals surface area contributed by atoms with E-state index >= 15 is 0 Å². The van der Waals surface area contributed by atoms with E-state index in [1.54, 1.807) is 0 Å². The third-order valence-corrected chi connectivity index (χ3v) is 6.80. The van der Waals surface area contributed by atoms with Gasteiger partial charge in [-0.25, -0.2) is 0 Å². The van der Waals surface area contributed by atoms with Gasteiger partial charge in [0.1, 0.15) is 5.84 Å². The number of nitrogens with two attached hydrogens (primary N) is 3. The smallest absolute Gasteiger partial charge is 0.124 e. The number of benzene rings is 2. The number of rotatable bonds is 6. The van der Waals surface area contributed by atoms with Crippen molar-refractivity contribution in [3.63, 3.8) is 0 Å². The molecule has 0 aromatic heterocycles.